The third-order valence-corrected chi connectivity index (χ3v) is 4.93. The maximum atomic E-state index is 12.2. The summed E-state index contributed by atoms with van der Waals surface area (Å²) in [5.74, 6) is 1.58. The van der Waals surface area contributed by atoms with Gasteiger partial charge in [0, 0.05) is 12.0 Å². The van der Waals surface area contributed by atoms with E-state index in [0.29, 0.717) is 23.8 Å². The number of ether oxygens (including phenoxy) is 2. The lowest BCUT2D eigenvalue weighted by atomic mass is 9.87. The summed E-state index contributed by atoms with van der Waals surface area (Å²) < 4.78 is 10.6. The molecule has 0 aliphatic heterocycles. The van der Waals surface area contributed by atoms with Crippen molar-refractivity contribution >= 4 is 11.8 Å². The van der Waals surface area contributed by atoms with Crippen molar-refractivity contribution in [2.45, 2.75) is 51.5 Å². The number of methoxy groups -OCH3 is 2. The molecule has 0 radical (unpaired) electrons. The van der Waals surface area contributed by atoms with Crippen LogP contribution in [0.5, 0.6) is 11.5 Å². The largest absolute Gasteiger partial charge is 0.497 e. The fourth-order valence-electron chi connectivity index (χ4n) is 3.45. The lowest BCUT2D eigenvalue weighted by Gasteiger charge is -2.21. The van der Waals surface area contributed by atoms with E-state index in [1.807, 2.05) is 25.1 Å². The zero-order valence-electron chi connectivity index (χ0n) is 16.0. The van der Waals surface area contributed by atoms with Crippen molar-refractivity contribution in [3.8, 4) is 11.5 Å². The normalized spacial score (nSPS) is 15.8. The van der Waals surface area contributed by atoms with Crippen LogP contribution in [-0.4, -0.2) is 32.6 Å². The first-order valence-electron chi connectivity index (χ1n) is 9.31. The molecule has 1 saturated carbocycles. The Bertz CT molecular complexity index is 612. The van der Waals surface area contributed by atoms with Crippen molar-refractivity contribution in [1.82, 2.24) is 10.6 Å². The van der Waals surface area contributed by atoms with E-state index < -0.39 is 0 Å². The molecule has 1 aliphatic rings. The van der Waals surface area contributed by atoms with Gasteiger partial charge in [0.05, 0.1) is 26.8 Å². The predicted octanol–water partition coefficient (Wildman–Crippen LogP) is 2.97. The monoisotopic (exact) mass is 362 g/mol. The van der Waals surface area contributed by atoms with Crippen molar-refractivity contribution in [2.24, 2.45) is 5.92 Å². The van der Waals surface area contributed by atoms with E-state index in [0.717, 1.165) is 18.4 Å². The van der Waals surface area contributed by atoms with Gasteiger partial charge >= 0.3 is 0 Å². The summed E-state index contributed by atoms with van der Waals surface area (Å²) >= 11 is 0. The number of carbonyl (C=O) groups excluding carboxylic acids is 2. The van der Waals surface area contributed by atoms with Crippen molar-refractivity contribution in [2.75, 3.05) is 20.8 Å². The molecule has 26 heavy (non-hydrogen) atoms. The van der Waals surface area contributed by atoms with E-state index in [1.165, 1.54) is 19.3 Å². The van der Waals surface area contributed by atoms with Gasteiger partial charge in [0.15, 0.2) is 0 Å². The van der Waals surface area contributed by atoms with Crippen LogP contribution in [0.4, 0.5) is 0 Å². The Labute approximate surface area is 155 Å². The highest BCUT2D eigenvalue weighted by Crippen LogP contribution is 2.29. The number of amides is 2. The molecule has 0 saturated heterocycles. The molecule has 0 spiro atoms. The van der Waals surface area contributed by atoms with Crippen molar-refractivity contribution in [1.29, 1.82) is 0 Å². The first-order valence-corrected chi connectivity index (χ1v) is 9.31. The molecule has 6 nitrogen and oxygen atoms in total. The summed E-state index contributed by atoms with van der Waals surface area (Å²) in [6.07, 6.45) is 6.44. The number of hydrogen-bond donors (Lipinski definition) is 2. The minimum atomic E-state index is -0.261. The van der Waals surface area contributed by atoms with Gasteiger partial charge in [-0.1, -0.05) is 19.3 Å². The van der Waals surface area contributed by atoms with Crippen LogP contribution in [0.15, 0.2) is 18.2 Å². The Morgan fingerprint density at radius 3 is 2.50 bits per heavy atom. The topological polar surface area (TPSA) is 76.7 Å². The molecule has 2 N–H and O–H groups in total. The van der Waals surface area contributed by atoms with Crippen molar-refractivity contribution in [3.63, 3.8) is 0 Å². The molecule has 1 fully saturated rings. The third kappa shape index (κ3) is 5.93. The number of rotatable bonds is 8. The first kappa shape index (κ1) is 20.1. The minimum absolute atomic E-state index is 0.0117. The van der Waals surface area contributed by atoms with E-state index in [4.69, 9.17) is 9.47 Å². The quantitative estimate of drug-likeness (QED) is 0.745. The van der Waals surface area contributed by atoms with Crippen LogP contribution in [0.25, 0.3) is 0 Å². The van der Waals surface area contributed by atoms with E-state index in [1.54, 1.807) is 14.2 Å². The van der Waals surface area contributed by atoms with Crippen LogP contribution in [-0.2, 0) is 9.59 Å². The standard InChI is InChI=1S/C20H30N2O4/c1-14(17-12-16(25-2)9-10-18(17)26-3)22-20(24)13-21-19(23)11-15-7-5-4-6-8-15/h9-10,12,14-15H,4-8,11,13H2,1-3H3,(H,21,23)(H,22,24). The number of carbonyl (C=O) groups is 2. The van der Waals surface area contributed by atoms with Crippen molar-refractivity contribution < 1.29 is 19.1 Å². The average molecular weight is 362 g/mol. The molecule has 1 unspecified atom stereocenters. The highest BCUT2D eigenvalue weighted by atomic mass is 16.5. The third-order valence-electron chi connectivity index (χ3n) is 4.93. The van der Waals surface area contributed by atoms with Crippen LogP contribution < -0.4 is 20.1 Å². The maximum absolute atomic E-state index is 12.2. The van der Waals surface area contributed by atoms with Crippen LogP contribution in [0.1, 0.15) is 57.1 Å². The van der Waals surface area contributed by atoms with Gasteiger partial charge < -0.3 is 20.1 Å². The Morgan fingerprint density at radius 2 is 1.85 bits per heavy atom. The van der Waals surface area contributed by atoms with Crippen LogP contribution >= 0.6 is 0 Å². The fraction of sp³-hybridized carbons (Fsp3) is 0.600. The Kier molecular flexibility index (Phi) is 7.75. The lowest BCUT2D eigenvalue weighted by Crippen LogP contribution is -2.38. The zero-order chi connectivity index (χ0) is 18.9. The summed E-state index contributed by atoms with van der Waals surface area (Å²) in [5.41, 5.74) is 0.828. The zero-order valence-corrected chi connectivity index (χ0v) is 16.0. The van der Waals surface area contributed by atoms with Gasteiger partial charge in [0.1, 0.15) is 11.5 Å². The second kappa shape index (κ2) is 10.0. The molecule has 0 aromatic heterocycles. The van der Waals surface area contributed by atoms with Gasteiger partial charge in [-0.15, -0.1) is 0 Å². The van der Waals surface area contributed by atoms with Gasteiger partial charge in [-0.2, -0.15) is 0 Å². The second-order valence-electron chi connectivity index (χ2n) is 6.88. The van der Waals surface area contributed by atoms with Gasteiger partial charge in [-0.05, 0) is 43.9 Å². The van der Waals surface area contributed by atoms with Gasteiger partial charge in [0.25, 0.3) is 0 Å². The SMILES string of the molecule is COc1ccc(OC)c(C(C)NC(=O)CNC(=O)CC2CCCCC2)c1. The maximum Gasteiger partial charge on any atom is 0.239 e. The predicted molar refractivity (Wildman–Crippen MR) is 100 cm³/mol. The molecule has 2 rings (SSSR count). The number of hydrogen-bond acceptors (Lipinski definition) is 4. The van der Waals surface area contributed by atoms with E-state index in [9.17, 15) is 9.59 Å². The highest BCUT2D eigenvalue weighted by molar-refractivity contribution is 5.85. The van der Waals surface area contributed by atoms with Gasteiger partial charge in [-0.3, -0.25) is 9.59 Å². The lowest BCUT2D eigenvalue weighted by molar-refractivity contribution is -0.127. The van der Waals surface area contributed by atoms with Gasteiger partial charge in [-0.25, -0.2) is 0 Å². The molecule has 1 aromatic carbocycles. The molecule has 6 heteroatoms. The number of nitrogens with one attached hydrogen (secondary N) is 2. The van der Waals surface area contributed by atoms with Crippen molar-refractivity contribution in [3.05, 3.63) is 23.8 Å². The molecule has 1 atom stereocenters. The van der Waals surface area contributed by atoms with E-state index in [2.05, 4.69) is 10.6 Å². The second-order valence-corrected chi connectivity index (χ2v) is 6.88. The molecule has 2 amide bonds. The highest BCUT2D eigenvalue weighted by Gasteiger charge is 2.18. The molecule has 1 aliphatic carbocycles. The molecule has 144 valence electrons. The molecular weight excluding hydrogens is 332 g/mol. The molecule has 1 aromatic rings. The Hall–Kier alpha value is -2.24. The Balaban J connectivity index is 1.82. The minimum Gasteiger partial charge on any atom is -0.497 e. The average Bonchev–Trinajstić information content (AvgIpc) is 2.66. The summed E-state index contributed by atoms with van der Waals surface area (Å²) in [6.45, 7) is 1.86. The number of benzene rings is 1. The van der Waals surface area contributed by atoms with E-state index >= 15 is 0 Å². The van der Waals surface area contributed by atoms with E-state index in [-0.39, 0.29) is 24.4 Å². The van der Waals surface area contributed by atoms with Gasteiger partial charge in [0.2, 0.25) is 11.8 Å². The molecule has 0 heterocycles. The summed E-state index contributed by atoms with van der Waals surface area (Å²) in [5, 5.41) is 5.62. The van der Waals surface area contributed by atoms with Crippen LogP contribution in [0.2, 0.25) is 0 Å². The Morgan fingerprint density at radius 1 is 1.12 bits per heavy atom. The smallest absolute Gasteiger partial charge is 0.239 e. The summed E-state index contributed by atoms with van der Waals surface area (Å²) in [6, 6.07) is 5.19. The van der Waals surface area contributed by atoms with Crippen LogP contribution in [0, 0.1) is 5.92 Å². The fourth-order valence-corrected chi connectivity index (χ4v) is 3.45. The summed E-state index contributed by atoms with van der Waals surface area (Å²) in [7, 11) is 3.18. The first-order chi connectivity index (χ1) is 12.5. The molecular formula is C20H30N2O4. The van der Waals surface area contributed by atoms with Crippen LogP contribution in [0.3, 0.4) is 0 Å². The summed E-state index contributed by atoms with van der Waals surface area (Å²) in [4.78, 5) is 24.2. The molecule has 0 bridgehead atoms.